The fourth-order valence-electron chi connectivity index (χ4n) is 2.96. The number of carbonyl (C=O) groups is 2. The van der Waals surface area contributed by atoms with Crippen molar-refractivity contribution in [2.75, 3.05) is 7.11 Å². The number of carbonyl (C=O) groups excluding carboxylic acids is 2. The number of ether oxygens (including phenoxy) is 1. The van der Waals surface area contributed by atoms with Gasteiger partial charge in [0, 0.05) is 17.3 Å². The summed E-state index contributed by atoms with van der Waals surface area (Å²) >= 11 is 0. The molecule has 0 bridgehead atoms. The Morgan fingerprint density at radius 1 is 1.18 bits per heavy atom. The first-order valence-corrected chi connectivity index (χ1v) is 9.39. The topological polar surface area (TPSA) is 73.2 Å². The van der Waals surface area contributed by atoms with Gasteiger partial charge in [-0.25, -0.2) is 4.79 Å². The molecule has 0 unspecified atom stereocenters. The summed E-state index contributed by atoms with van der Waals surface area (Å²) in [6, 6.07) is 7.67. The minimum atomic E-state index is -0.673. The van der Waals surface area contributed by atoms with Gasteiger partial charge in [0.25, 0.3) is 0 Å². The first kappa shape index (κ1) is 21.4. The Balaban J connectivity index is 2.13. The third-order valence-corrected chi connectivity index (χ3v) is 4.71. The van der Waals surface area contributed by atoms with Crippen molar-refractivity contribution in [3.05, 3.63) is 58.4 Å². The van der Waals surface area contributed by atoms with Crippen molar-refractivity contribution in [3.63, 3.8) is 0 Å². The third kappa shape index (κ3) is 5.31. The van der Waals surface area contributed by atoms with E-state index in [0.29, 0.717) is 6.54 Å². The maximum atomic E-state index is 12.3. The van der Waals surface area contributed by atoms with E-state index in [1.54, 1.807) is 6.08 Å². The molecule has 0 saturated heterocycles. The zero-order chi connectivity index (χ0) is 20.8. The fraction of sp³-hybridized carbons (Fsp3) is 0.409. The lowest BCUT2D eigenvalue weighted by Crippen LogP contribution is -2.44. The number of nitrogens with one attached hydrogen (secondary N) is 1. The Hall–Kier alpha value is -2.89. The Morgan fingerprint density at radius 3 is 2.39 bits per heavy atom. The largest absolute Gasteiger partial charge is 0.467 e. The van der Waals surface area contributed by atoms with Crippen LogP contribution in [0.2, 0.25) is 0 Å². The predicted octanol–water partition coefficient (Wildman–Crippen LogP) is 3.18. The van der Waals surface area contributed by atoms with Crippen LogP contribution in [0, 0.1) is 26.7 Å². The second kappa shape index (κ2) is 9.35. The highest BCUT2D eigenvalue weighted by molar-refractivity contribution is 5.94. The number of hydrogen-bond donors (Lipinski definition) is 1. The molecule has 6 heteroatoms. The average molecular weight is 383 g/mol. The summed E-state index contributed by atoms with van der Waals surface area (Å²) < 4.78 is 6.69. The highest BCUT2D eigenvalue weighted by Gasteiger charge is 2.24. The van der Waals surface area contributed by atoms with Crippen LogP contribution in [0.4, 0.5) is 0 Å². The predicted molar refractivity (Wildman–Crippen MR) is 110 cm³/mol. The molecule has 0 radical (unpaired) electrons. The van der Waals surface area contributed by atoms with E-state index in [-0.39, 0.29) is 11.8 Å². The van der Waals surface area contributed by atoms with Crippen LogP contribution in [0.5, 0.6) is 0 Å². The highest BCUT2D eigenvalue weighted by atomic mass is 16.5. The number of amides is 1. The van der Waals surface area contributed by atoms with Gasteiger partial charge in [-0.15, -0.1) is 0 Å². The molecule has 1 aromatic heterocycles. The van der Waals surface area contributed by atoms with Crippen LogP contribution in [0.25, 0.3) is 6.08 Å². The number of nitrogens with zero attached hydrogens (tertiary/aromatic N) is 2. The van der Waals surface area contributed by atoms with Gasteiger partial charge in [0.15, 0.2) is 0 Å². The Labute approximate surface area is 166 Å². The Kier molecular flexibility index (Phi) is 7.15. The van der Waals surface area contributed by atoms with E-state index in [9.17, 15) is 9.59 Å². The van der Waals surface area contributed by atoms with Gasteiger partial charge in [0.2, 0.25) is 5.91 Å². The molecule has 28 heavy (non-hydrogen) atoms. The van der Waals surface area contributed by atoms with Crippen LogP contribution in [0.3, 0.4) is 0 Å². The van der Waals surface area contributed by atoms with Crippen molar-refractivity contribution in [2.24, 2.45) is 5.92 Å². The molecule has 150 valence electrons. The molecule has 1 heterocycles. The number of hydrogen-bond acceptors (Lipinski definition) is 4. The van der Waals surface area contributed by atoms with Crippen LogP contribution < -0.4 is 5.32 Å². The van der Waals surface area contributed by atoms with Crippen LogP contribution in [-0.2, 0) is 20.9 Å². The summed E-state index contributed by atoms with van der Waals surface area (Å²) in [7, 11) is 1.31. The highest BCUT2D eigenvalue weighted by Crippen LogP contribution is 2.17. The molecular formula is C22H29N3O3. The normalized spacial score (nSPS) is 12.4. The number of rotatable bonds is 7. The zero-order valence-electron chi connectivity index (χ0n) is 17.4. The lowest BCUT2D eigenvalue weighted by atomic mass is 10.0. The van der Waals surface area contributed by atoms with Gasteiger partial charge in [-0.3, -0.25) is 9.48 Å². The van der Waals surface area contributed by atoms with Crippen LogP contribution in [0.15, 0.2) is 30.3 Å². The van der Waals surface area contributed by atoms with Gasteiger partial charge in [-0.05, 0) is 38.3 Å². The van der Waals surface area contributed by atoms with Crippen molar-refractivity contribution in [3.8, 4) is 0 Å². The maximum absolute atomic E-state index is 12.3. The fourth-order valence-corrected chi connectivity index (χ4v) is 2.96. The molecule has 0 saturated carbocycles. The van der Waals surface area contributed by atoms with Crippen LogP contribution in [0.1, 0.15) is 41.9 Å². The van der Waals surface area contributed by atoms with E-state index in [0.717, 1.165) is 17.0 Å². The minimum Gasteiger partial charge on any atom is -0.467 e. The number of aryl methyl sites for hydroxylation is 2. The summed E-state index contributed by atoms with van der Waals surface area (Å²) in [5.41, 5.74) is 5.12. The van der Waals surface area contributed by atoms with E-state index in [1.807, 2.05) is 32.4 Å². The standard InChI is InChI=1S/C22H29N3O3/c1-14(2)21(22(27)28-6)23-20(26)12-11-19-16(4)24-25(17(19)5)13-18-9-7-15(3)8-10-18/h7-12,14,21H,13H2,1-6H3,(H,23,26)/t21-/m0/s1. The quantitative estimate of drug-likeness (QED) is 0.589. The lowest BCUT2D eigenvalue weighted by Gasteiger charge is -2.18. The first-order valence-electron chi connectivity index (χ1n) is 9.39. The minimum absolute atomic E-state index is 0.0643. The lowest BCUT2D eigenvalue weighted by molar-refractivity contribution is -0.145. The number of benzene rings is 1. The smallest absolute Gasteiger partial charge is 0.328 e. The number of esters is 1. The van der Waals surface area contributed by atoms with Gasteiger partial charge in [-0.1, -0.05) is 43.7 Å². The van der Waals surface area contributed by atoms with Crippen LogP contribution in [-0.4, -0.2) is 34.8 Å². The Bertz CT molecular complexity index is 864. The first-order chi connectivity index (χ1) is 13.2. The molecule has 1 aromatic carbocycles. The third-order valence-electron chi connectivity index (χ3n) is 4.71. The molecule has 1 amide bonds. The van der Waals surface area contributed by atoms with Crippen molar-refractivity contribution in [2.45, 2.75) is 47.2 Å². The van der Waals surface area contributed by atoms with Crippen molar-refractivity contribution in [1.29, 1.82) is 0 Å². The summed E-state index contributed by atoms with van der Waals surface area (Å²) in [5.74, 6) is -0.852. The molecule has 1 N–H and O–H groups in total. The average Bonchev–Trinajstić information content (AvgIpc) is 2.92. The second-order valence-electron chi connectivity index (χ2n) is 7.31. The summed E-state index contributed by atoms with van der Waals surface area (Å²) in [4.78, 5) is 24.1. The van der Waals surface area contributed by atoms with Gasteiger partial charge in [0.05, 0.1) is 19.3 Å². The molecule has 0 spiro atoms. The van der Waals surface area contributed by atoms with E-state index >= 15 is 0 Å². The molecule has 6 nitrogen and oxygen atoms in total. The van der Waals surface area contributed by atoms with E-state index in [2.05, 4.69) is 41.6 Å². The van der Waals surface area contributed by atoms with Gasteiger partial charge < -0.3 is 10.1 Å². The molecule has 0 aliphatic rings. The molecule has 2 rings (SSSR count). The summed E-state index contributed by atoms with van der Waals surface area (Å²) in [5, 5.41) is 7.30. The van der Waals surface area contributed by atoms with Gasteiger partial charge >= 0.3 is 5.97 Å². The second-order valence-corrected chi connectivity index (χ2v) is 7.31. The van der Waals surface area contributed by atoms with Crippen molar-refractivity contribution < 1.29 is 14.3 Å². The summed E-state index contributed by atoms with van der Waals surface area (Å²) in [6.07, 6.45) is 3.18. The Morgan fingerprint density at radius 2 is 1.82 bits per heavy atom. The van der Waals surface area contributed by atoms with Gasteiger partial charge in [0.1, 0.15) is 6.04 Å². The van der Waals surface area contributed by atoms with Crippen LogP contribution >= 0.6 is 0 Å². The van der Waals surface area contributed by atoms with E-state index < -0.39 is 12.0 Å². The van der Waals surface area contributed by atoms with Crippen molar-refractivity contribution in [1.82, 2.24) is 15.1 Å². The molecular weight excluding hydrogens is 354 g/mol. The molecule has 1 atom stereocenters. The molecule has 2 aromatic rings. The summed E-state index contributed by atoms with van der Waals surface area (Å²) in [6.45, 7) is 10.3. The van der Waals surface area contributed by atoms with E-state index in [4.69, 9.17) is 4.74 Å². The molecule has 0 aliphatic heterocycles. The SMILES string of the molecule is COC(=O)[C@@H](NC(=O)C=Cc1c(C)nn(Cc2ccc(C)cc2)c1C)C(C)C. The molecule has 0 fully saturated rings. The van der Waals surface area contributed by atoms with Crippen molar-refractivity contribution >= 4 is 18.0 Å². The maximum Gasteiger partial charge on any atom is 0.328 e. The van der Waals surface area contributed by atoms with E-state index in [1.165, 1.54) is 24.3 Å². The monoisotopic (exact) mass is 383 g/mol. The zero-order valence-corrected chi connectivity index (χ0v) is 17.4. The van der Waals surface area contributed by atoms with Gasteiger partial charge in [-0.2, -0.15) is 5.10 Å². The number of methoxy groups -OCH3 is 1. The number of aromatic nitrogens is 2. The molecule has 0 aliphatic carbocycles.